The van der Waals surface area contributed by atoms with Crippen molar-refractivity contribution >= 4 is 11.7 Å². The van der Waals surface area contributed by atoms with Gasteiger partial charge in [0.05, 0.1) is 24.1 Å². The number of rotatable bonds is 5. The number of pyridine rings is 2. The van der Waals surface area contributed by atoms with Crippen LogP contribution in [0, 0.1) is 13.8 Å². The van der Waals surface area contributed by atoms with Crippen LogP contribution in [0.3, 0.4) is 0 Å². The summed E-state index contributed by atoms with van der Waals surface area (Å²) in [5.74, 6) is 1.20. The highest BCUT2D eigenvalue weighted by molar-refractivity contribution is 5.88. The summed E-state index contributed by atoms with van der Waals surface area (Å²) in [5, 5.41) is 2.81. The minimum Gasteiger partial charge on any atom is -0.439 e. The molecular weight excluding hydrogens is 340 g/mol. The van der Waals surface area contributed by atoms with Gasteiger partial charge in [-0.1, -0.05) is 12.1 Å². The Bertz CT molecular complexity index is 911. The molecule has 138 valence electrons. The second-order valence-electron chi connectivity index (χ2n) is 6.34. The van der Waals surface area contributed by atoms with Crippen LogP contribution in [0.4, 0.5) is 10.5 Å². The molecule has 1 aromatic carbocycles. The third-order valence-electron chi connectivity index (χ3n) is 4.16. The average molecular weight is 362 g/mol. The van der Waals surface area contributed by atoms with Crippen LogP contribution in [0.5, 0.6) is 11.6 Å². The van der Waals surface area contributed by atoms with E-state index in [-0.39, 0.29) is 6.03 Å². The van der Waals surface area contributed by atoms with Gasteiger partial charge >= 0.3 is 6.03 Å². The van der Waals surface area contributed by atoms with E-state index in [0.29, 0.717) is 18.1 Å². The smallest absolute Gasteiger partial charge is 0.321 e. The molecule has 1 N–H and O–H groups in total. The van der Waals surface area contributed by atoms with Gasteiger partial charge < -0.3 is 15.0 Å². The first kappa shape index (κ1) is 18.4. The number of benzene rings is 1. The lowest BCUT2D eigenvalue weighted by atomic mass is 10.1. The van der Waals surface area contributed by atoms with E-state index in [1.54, 1.807) is 36.5 Å². The summed E-state index contributed by atoms with van der Waals surface area (Å²) in [6, 6.07) is 14.8. The molecule has 0 unspecified atom stereocenters. The number of aryl methyl sites for hydroxylation is 2. The zero-order valence-corrected chi connectivity index (χ0v) is 15.6. The SMILES string of the molecule is Cc1ccc(Oc2ccc(NC(=O)N(C)Cc3ccccn3)cn2)cc1C. The molecule has 6 heteroatoms. The summed E-state index contributed by atoms with van der Waals surface area (Å²) >= 11 is 0. The fourth-order valence-corrected chi connectivity index (χ4v) is 2.44. The summed E-state index contributed by atoms with van der Waals surface area (Å²) < 4.78 is 5.76. The van der Waals surface area contributed by atoms with Crippen LogP contribution >= 0.6 is 0 Å². The van der Waals surface area contributed by atoms with E-state index in [0.717, 1.165) is 17.0 Å². The van der Waals surface area contributed by atoms with Crippen LogP contribution in [-0.2, 0) is 6.54 Å². The molecule has 0 saturated carbocycles. The Balaban J connectivity index is 1.58. The molecule has 6 nitrogen and oxygen atoms in total. The molecule has 3 aromatic rings. The van der Waals surface area contributed by atoms with Crippen molar-refractivity contribution in [2.75, 3.05) is 12.4 Å². The van der Waals surface area contributed by atoms with Gasteiger partial charge in [-0.25, -0.2) is 9.78 Å². The van der Waals surface area contributed by atoms with Crippen molar-refractivity contribution in [2.24, 2.45) is 0 Å². The highest BCUT2D eigenvalue weighted by atomic mass is 16.5. The van der Waals surface area contributed by atoms with Crippen molar-refractivity contribution in [2.45, 2.75) is 20.4 Å². The second-order valence-corrected chi connectivity index (χ2v) is 6.34. The number of carbonyl (C=O) groups is 1. The van der Waals surface area contributed by atoms with Gasteiger partial charge in [-0.05, 0) is 55.3 Å². The molecule has 0 aliphatic heterocycles. The van der Waals surface area contributed by atoms with E-state index in [4.69, 9.17) is 4.74 Å². The first-order valence-corrected chi connectivity index (χ1v) is 8.64. The van der Waals surface area contributed by atoms with E-state index in [9.17, 15) is 4.79 Å². The number of anilines is 1. The molecule has 2 heterocycles. The average Bonchev–Trinajstić information content (AvgIpc) is 2.67. The summed E-state index contributed by atoms with van der Waals surface area (Å²) in [4.78, 5) is 22.3. The van der Waals surface area contributed by atoms with Crippen molar-refractivity contribution in [3.05, 3.63) is 77.7 Å². The van der Waals surface area contributed by atoms with Crippen LogP contribution in [0.2, 0.25) is 0 Å². The molecule has 0 bridgehead atoms. The van der Waals surface area contributed by atoms with Gasteiger partial charge in [0.25, 0.3) is 0 Å². The van der Waals surface area contributed by atoms with Crippen LogP contribution in [0.1, 0.15) is 16.8 Å². The molecule has 0 aliphatic carbocycles. The molecule has 27 heavy (non-hydrogen) atoms. The molecule has 0 aliphatic rings. The molecular formula is C21H22N4O2. The highest BCUT2D eigenvalue weighted by Gasteiger charge is 2.10. The largest absolute Gasteiger partial charge is 0.439 e. The number of aromatic nitrogens is 2. The van der Waals surface area contributed by atoms with Crippen molar-refractivity contribution in [3.8, 4) is 11.6 Å². The molecule has 2 amide bonds. The fraction of sp³-hybridized carbons (Fsp3) is 0.190. The van der Waals surface area contributed by atoms with Crippen molar-refractivity contribution < 1.29 is 9.53 Å². The van der Waals surface area contributed by atoms with Gasteiger partial charge in [0.15, 0.2) is 0 Å². The van der Waals surface area contributed by atoms with Crippen molar-refractivity contribution in [1.29, 1.82) is 0 Å². The van der Waals surface area contributed by atoms with Gasteiger partial charge in [0.2, 0.25) is 5.88 Å². The zero-order chi connectivity index (χ0) is 19.2. The van der Waals surface area contributed by atoms with Gasteiger partial charge in [-0.2, -0.15) is 0 Å². The van der Waals surface area contributed by atoms with Crippen molar-refractivity contribution in [1.82, 2.24) is 14.9 Å². The second kappa shape index (κ2) is 8.31. The maximum absolute atomic E-state index is 12.3. The Kier molecular flexibility index (Phi) is 5.66. The lowest BCUT2D eigenvalue weighted by Crippen LogP contribution is -2.31. The van der Waals surface area contributed by atoms with Gasteiger partial charge in [0, 0.05) is 19.3 Å². The Labute approximate surface area is 158 Å². The Hall–Kier alpha value is -3.41. The highest BCUT2D eigenvalue weighted by Crippen LogP contribution is 2.23. The molecule has 0 atom stereocenters. The van der Waals surface area contributed by atoms with Gasteiger partial charge in [-0.3, -0.25) is 4.98 Å². The Morgan fingerprint density at radius 2 is 1.93 bits per heavy atom. The zero-order valence-electron chi connectivity index (χ0n) is 15.6. The molecule has 3 rings (SSSR count). The van der Waals surface area contributed by atoms with Gasteiger partial charge in [-0.15, -0.1) is 0 Å². The third-order valence-corrected chi connectivity index (χ3v) is 4.16. The minimum atomic E-state index is -0.231. The van der Waals surface area contributed by atoms with Gasteiger partial charge in [0.1, 0.15) is 5.75 Å². The number of hydrogen-bond donors (Lipinski definition) is 1. The monoisotopic (exact) mass is 362 g/mol. The number of amides is 2. The van der Waals surface area contributed by atoms with Crippen LogP contribution in [-0.4, -0.2) is 27.9 Å². The molecule has 0 fully saturated rings. The van der Waals surface area contributed by atoms with E-state index < -0.39 is 0 Å². The minimum absolute atomic E-state index is 0.231. The maximum Gasteiger partial charge on any atom is 0.321 e. The predicted molar refractivity (Wildman–Crippen MR) is 105 cm³/mol. The maximum atomic E-state index is 12.3. The summed E-state index contributed by atoms with van der Waals surface area (Å²) in [6.07, 6.45) is 3.28. The van der Waals surface area contributed by atoms with Crippen LogP contribution in [0.25, 0.3) is 0 Å². The van der Waals surface area contributed by atoms with E-state index in [1.165, 1.54) is 5.56 Å². The standard InChI is InChI=1S/C21H22N4O2/c1-15-7-9-19(12-16(15)2)27-20-10-8-17(13-23-20)24-21(26)25(3)14-18-6-4-5-11-22-18/h4-13H,14H2,1-3H3,(H,24,26). The number of urea groups is 1. The number of ether oxygens (including phenoxy) is 1. The number of nitrogens with zero attached hydrogens (tertiary/aromatic N) is 3. The first-order chi connectivity index (χ1) is 13.0. The number of nitrogens with one attached hydrogen (secondary N) is 1. The summed E-state index contributed by atoms with van der Waals surface area (Å²) in [5.41, 5.74) is 3.79. The summed E-state index contributed by atoms with van der Waals surface area (Å²) in [7, 11) is 1.72. The van der Waals surface area contributed by atoms with Crippen LogP contribution in [0.15, 0.2) is 60.9 Å². The normalized spacial score (nSPS) is 10.3. The van der Waals surface area contributed by atoms with E-state index in [2.05, 4.69) is 22.2 Å². The molecule has 0 spiro atoms. The Morgan fingerprint density at radius 1 is 1.07 bits per heavy atom. The van der Waals surface area contributed by atoms with Crippen molar-refractivity contribution in [3.63, 3.8) is 0 Å². The van der Waals surface area contributed by atoms with E-state index in [1.807, 2.05) is 43.3 Å². The first-order valence-electron chi connectivity index (χ1n) is 8.64. The molecule has 0 radical (unpaired) electrons. The Morgan fingerprint density at radius 3 is 2.59 bits per heavy atom. The van der Waals surface area contributed by atoms with E-state index >= 15 is 0 Å². The molecule has 2 aromatic heterocycles. The van der Waals surface area contributed by atoms with Crippen LogP contribution < -0.4 is 10.1 Å². The number of hydrogen-bond acceptors (Lipinski definition) is 4. The quantitative estimate of drug-likeness (QED) is 0.723. The molecule has 0 saturated heterocycles. The third kappa shape index (κ3) is 5.04. The predicted octanol–water partition coefficient (Wildman–Crippen LogP) is 4.55. The lowest BCUT2D eigenvalue weighted by Gasteiger charge is -2.17. The summed E-state index contributed by atoms with van der Waals surface area (Å²) in [6.45, 7) is 4.52. The fourth-order valence-electron chi connectivity index (χ4n) is 2.44. The topological polar surface area (TPSA) is 67.3 Å². The number of carbonyl (C=O) groups excluding carboxylic acids is 1. The lowest BCUT2D eigenvalue weighted by molar-refractivity contribution is 0.220.